The largest absolute Gasteiger partial charge is 0.480 e. The van der Waals surface area contributed by atoms with Crippen molar-refractivity contribution in [2.45, 2.75) is 55.9 Å². The van der Waals surface area contributed by atoms with Gasteiger partial charge in [-0.25, -0.2) is 0 Å². The molecule has 25 heavy (non-hydrogen) atoms. The van der Waals surface area contributed by atoms with Gasteiger partial charge in [-0.2, -0.15) is 12.6 Å². The van der Waals surface area contributed by atoms with Crippen molar-refractivity contribution in [1.29, 1.82) is 0 Å². The maximum absolute atomic E-state index is 12.6. The molecule has 0 heterocycles. The van der Waals surface area contributed by atoms with Crippen LogP contribution in [0.5, 0.6) is 0 Å². The fourth-order valence-electron chi connectivity index (χ4n) is 3.03. The molecule has 2 amide bonds. The van der Waals surface area contributed by atoms with Gasteiger partial charge in [0.15, 0.2) is 0 Å². The van der Waals surface area contributed by atoms with Gasteiger partial charge in [-0.3, -0.25) is 14.4 Å². The van der Waals surface area contributed by atoms with Crippen molar-refractivity contribution in [3.63, 3.8) is 0 Å². The Hall–Kier alpha value is -2.02. The SMILES string of the molecule is CC(NC(=O)C1(NC(=O)C(S)Cc2ccccc2)CCCC1)C(=O)O. The van der Waals surface area contributed by atoms with Crippen LogP contribution in [-0.2, 0) is 20.8 Å². The lowest BCUT2D eigenvalue weighted by Gasteiger charge is -2.31. The summed E-state index contributed by atoms with van der Waals surface area (Å²) in [4.78, 5) is 36.1. The molecule has 2 rings (SSSR count). The zero-order valence-corrected chi connectivity index (χ0v) is 15.1. The second-order valence-corrected chi connectivity index (χ2v) is 7.14. The first kappa shape index (κ1) is 19.3. The minimum Gasteiger partial charge on any atom is -0.480 e. The summed E-state index contributed by atoms with van der Waals surface area (Å²) in [6.45, 7) is 1.40. The first-order valence-electron chi connectivity index (χ1n) is 8.42. The van der Waals surface area contributed by atoms with E-state index in [0.29, 0.717) is 19.3 Å². The zero-order valence-electron chi connectivity index (χ0n) is 14.2. The lowest BCUT2D eigenvalue weighted by atomic mass is 9.95. The van der Waals surface area contributed by atoms with E-state index in [0.717, 1.165) is 18.4 Å². The quantitative estimate of drug-likeness (QED) is 0.552. The molecule has 1 aliphatic rings. The number of carbonyl (C=O) groups excluding carboxylic acids is 2. The van der Waals surface area contributed by atoms with Gasteiger partial charge in [-0.15, -0.1) is 0 Å². The third-order valence-electron chi connectivity index (χ3n) is 4.55. The molecular formula is C18H24N2O4S. The van der Waals surface area contributed by atoms with Gasteiger partial charge >= 0.3 is 5.97 Å². The molecule has 1 saturated carbocycles. The van der Waals surface area contributed by atoms with E-state index in [1.165, 1.54) is 6.92 Å². The lowest BCUT2D eigenvalue weighted by molar-refractivity contribution is -0.142. The first-order valence-corrected chi connectivity index (χ1v) is 8.93. The number of amides is 2. The molecule has 6 nitrogen and oxygen atoms in total. The van der Waals surface area contributed by atoms with E-state index >= 15 is 0 Å². The highest BCUT2D eigenvalue weighted by atomic mass is 32.1. The second kappa shape index (κ2) is 8.38. The van der Waals surface area contributed by atoms with Crippen LogP contribution in [0.1, 0.15) is 38.2 Å². The Kier molecular flexibility index (Phi) is 6.47. The summed E-state index contributed by atoms with van der Waals surface area (Å²) in [6.07, 6.45) is 3.08. The highest BCUT2D eigenvalue weighted by molar-refractivity contribution is 7.81. The molecule has 0 saturated heterocycles. The minimum atomic E-state index is -1.11. The average Bonchev–Trinajstić information content (AvgIpc) is 3.05. The molecule has 0 aromatic heterocycles. The van der Waals surface area contributed by atoms with Crippen LogP contribution in [0, 0.1) is 0 Å². The molecule has 136 valence electrons. The number of hydrogen-bond donors (Lipinski definition) is 4. The van der Waals surface area contributed by atoms with Gasteiger partial charge in [0.1, 0.15) is 11.6 Å². The van der Waals surface area contributed by atoms with Gasteiger partial charge in [-0.05, 0) is 31.7 Å². The third kappa shape index (κ3) is 4.98. The fourth-order valence-corrected chi connectivity index (χ4v) is 3.31. The van der Waals surface area contributed by atoms with Gasteiger partial charge in [0.25, 0.3) is 0 Å². The molecule has 1 aromatic carbocycles. The van der Waals surface area contributed by atoms with E-state index in [-0.39, 0.29) is 5.91 Å². The number of carboxylic acid groups (broad SMARTS) is 1. The van der Waals surface area contributed by atoms with Crippen LogP contribution in [0.15, 0.2) is 30.3 Å². The number of rotatable bonds is 7. The van der Waals surface area contributed by atoms with Crippen molar-refractivity contribution < 1.29 is 19.5 Å². The molecule has 1 aliphatic carbocycles. The summed E-state index contributed by atoms with van der Waals surface area (Å²) in [6, 6.07) is 8.53. The monoisotopic (exact) mass is 364 g/mol. The van der Waals surface area contributed by atoms with Crippen molar-refractivity contribution >= 4 is 30.4 Å². The molecule has 3 N–H and O–H groups in total. The van der Waals surface area contributed by atoms with Crippen molar-refractivity contribution in [1.82, 2.24) is 10.6 Å². The van der Waals surface area contributed by atoms with Crippen LogP contribution in [0.4, 0.5) is 0 Å². The summed E-state index contributed by atoms with van der Waals surface area (Å²) >= 11 is 4.38. The summed E-state index contributed by atoms with van der Waals surface area (Å²) < 4.78 is 0. The van der Waals surface area contributed by atoms with Crippen LogP contribution < -0.4 is 10.6 Å². The molecule has 0 spiro atoms. The molecular weight excluding hydrogens is 340 g/mol. The van der Waals surface area contributed by atoms with Gasteiger partial charge < -0.3 is 15.7 Å². The zero-order chi connectivity index (χ0) is 18.4. The average molecular weight is 364 g/mol. The Morgan fingerprint density at radius 1 is 1.20 bits per heavy atom. The number of carboxylic acids is 1. The van der Waals surface area contributed by atoms with Crippen molar-refractivity contribution in [2.75, 3.05) is 0 Å². The fraction of sp³-hybridized carbons (Fsp3) is 0.500. The lowest BCUT2D eigenvalue weighted by Crippen LogP contribution is -2.60. The summed E-state index contributed by atoms with van der Waals surface area (Å²) in [5.74, 6) is -1.86. The molecule has 7 heteroatoms. The van der Waals surface area contributed by atoms with E-state index in [4.69, 9.17) is 5.11 Å². The molecule has 2 unspecified atom stereocenters. The summed E-state index contributed by atoms with van der Waals surface area (Å²) in [7, 11) is 0. The first-order chi connectivity index (χ1) is 11.8. The van der Waals surface area contributed by atoms with E-state index in [2.05, 4.69) is 23.3 Å². The molecule has 2 atom stereocenters. The predicted molar refractivity (Wildman–Crippen MR) is 97.5 cm³/mol. The van der Waals surface area contributed by atoms with Gasteiger partial charge in [0.05, 0.1) is 5.25 Å². The Labute approximate surface area is 152 Å². The Morgan fingerprint density at radius 3 is 2.36 bits per heavy atom. The standard InChI is InChI=1S/C18H24N2O4S/c1-12(16(22)23)19-17(24)18(9-5-6-10-18)20-15(21)14(25)11-13-7-3-2-4-8-13/h2-4,7-8,12,14,25H,5-6,9-11H2,1H3,(H,19,24)(H,20,21)(H,22,23). The number of carbonyl (C=O) groups is 3. The number of benzene rings is 1. The predicted octanol–water partition coefficient (Wildman–Crippen LogP) is 1.55. The van der Waals surface area contributed by atoms with Crippen LogP contribution in [0.3, 0.4) is 0 Å². The highest BCUT2D eigenvalue weighted by Gasteiger charge is 2.43. The molecule has 1 aromatic rings. The van der Waals surface area contributed by atoms with Crippen molar-refractivity contribution in [3.8, 4) is 0 Å². The number of nitrogens with one attached hydrogen (secondary N) is 2. The second-order valence-electron chi connectivity index (χ2n) is 6.52. The van der Waals surface area contributed by atoms with Crippen LogP contribution in [-0.4, -0.2) is 39.7 Å². The van der Waals surface area contributed by atoms with E-state index in [1.807, 2.05) is 30.3 Å². The number of thiol groups is 1. The molecule has 0 aliphatic heterocycles. The van der Waals surface area contributed by atoms with Crippen LogP contribution in [0.25, 0.3) is 0 Å². The van der Waals surface area contributed by atoms with Gasteiger partial charge in [-0.1, -0.05) is 43.2 Å². The van der Waals surface area contributed by atoms with E-state index in [1.54, 1.807) is 0 Å². The smallest absolute Gasteiger partial charge is 0.325 e. The van der Waals surface area contributed by atoms with Crippen LogP contribution >= 0.6 is 12.6 Å². The highest BCUT2D eigenvalue weighted by Crippen LogP contribution is 2.30. The third-order valence-corrected chi connectivity index (χ3v) is 4.96. The Balaban J connectivity index is 2.03. The van der Waals surface area contributed by atoms with Crippen LogP contribution in [0.2, 0.25) is 0 Å². The molecule has 0 radical (unpaired) electrons. The van der Waals surface area contributed by atoms with Crippen molar-refractivity contribution in [3.05, 3.63) is 35.9 Å². The topological polar surface area (TPSA) is 95.5 Å². The van der Waals surface area contributed by atoms with Crippen molar-refractivity contribution in [2.24, 2.45) is 0 Å². The maximum atomic E-state index is 12.6. The van der Waals surface area contributed by atoms with Gasteiger partial charge in [0.2, 0.25) is 11.8 Å². The summed E-state index contributed by atoms with van der Waals surface area (Å²) in [5.41, 5.74) is -0.0552. The Bertz CT molecular complexity index is 629. The number of hydrogen-bond acceptors (Lipinski definition) is 4. The number of aliphatic carboxylic acids is 1. The maximum Gasteiger partial charge on any atom is 0.325 e. The van der Waals surface area contributed by atoms with E-state index < -0.39 is 28.7 Å². The normalized spacial score (nSPS) is 18.2. The van der Waals surface area contributed by atoms with E-state index in [9.17, 15) is 14.4 Å². The summed E-state index contributed by atoms with van der Waals surface area (Å²) in [5, 5.41) is 13.7. The van der Waals surface area contributed by atoms with Gasteiger partial charge in [0, 0.05) is 0 Å². The Morgan fingerprint density at radius 2 is 1.80 bits per heavy atom. The molecule has 1 fully saturated rings. The minimum absolute atomic E-state index is 0.313. The molecule has 0 bridgehead atoms.